The summed E-state index contributed by atoms with van der Waals surface area (Å²) < 4.78 is 16.9. The molecule has 1 atom stereocenters. The SMILES string of the molecule is CCc1ccc(-c2nc(CCOc3ccc(OC(C)C(=O)O)cc3)c(C)o2)cc1. The fraction of sp³-hybridized carbons (Fsp3) is 0.304. The Labute approximate surface area is 170 Å². The van der Waals surface area contributed by atoms with Crippen molar-refractivity contribution in [2.75, 3.05) is 6.61 Å². The fourth-order valence-corrected chi connectivity index (χ4v) is 2.80. The van der Waals surface area contributed by atoms with Gasteiger partial charge in [-0.1, -0.05) is 19.1 Å². The number of rotatable bonds is 9. The highest BCUT2D eigenvalue weighted by atomic mass is 16.5. The van der Waals surface area contributed by atoms with E-state index >= 15 is 0 Å². The van der Waals surface area contributed by atoms with Gasteiger partial charge in [-0.3, -0.25) is 0 Å². The lowest BCUT2D eigenvalue weighted by atomic mass is 10.1. The summed E-state index contributed by atoms with van der Waals surface area (Å²) in [5.41, 5.74) is 3.11. The molecule has 3 aromatic rings. The first-order chi connectivity index (χ1) is 14.0. The van der Waals surface area contributed by atoms with Crippen molar-refractivity contribution in [3.8, 4) is 23.0 Å². The Morgan fingerprint density at radius 2 is 1.76 bits per heavy atom. The van der Waals surface area contributed by atoms with Gasteiger partial charge in [0.1, 0.15) is 17.3 Å². The standard InChI is InChI=1S/C23H25NO5/c1-4-17-5-7-18(8-6-17)22-24-21(15(2)29-22)13-14-27-19-9-11-20(12-10-19)28-16(3)23(25)26/h5-12,16H,4,13-14H2,1-3H3,(H,25,26). The van der Waals surface area contributed by atoms with E-state index in [0.29, 0.717) is 30.4 Å². The number of hydrogen-bond donors (Lipinski definition) is 1. The average molecular weight is 395 g/mol. The molecule has 6 heteroatoms. The summed E-state index contributed by atoms with van der Waals surface area (Å²) in [5.74, 6) is 1.56. The van der Waals surface area contributed by atoms with Crippen molar-refractivity contribution in [1.29, 1.82) is 0 Å². The summed E-state index contributed by atoms with van der Waals surface area (Å²) in [6.07, 6.45) is 0.722. The number of aryl methyl sites for hydroxylation is 2. The zero-order valence-corrected chi connectivity index (χ0v) is 16.8. The minimum atomic E-state index is -1.01. The average Bonchev–Trinajstić information content (AvgIpc) is 3.10. The van der Waals surface area contributed by atoms with Gasteiger partial charge in [0.05, 0.1) is 12.3 Å². The highest BCUT2D eigenvalue weighted by Gasteiger charge is 2.13. The third-order valence-corrected chi connectivity index (χ3v) is 4.59. The van der Waals surface area contributed by atoms with Crippen LogP contribution in [0.3, 0.4) is 0 Å². The van der Waals surface area contributed by atoms with Gasteiger partial charge in [-0.05, 0) is 62.2 Å². The lowest BCUT2D eigenvalue weighted by molar-refractivity contribution is -0.144. The summed E-state index contributed by atoms with van der Waals surface area (Å²) in [6.45, 7) is 5.97. The highest BCUT2D eigenvalue weighted by Crippen LogP contribution is 2.23. The van der Waals surface area contributed by atoms with Crippen LogP contribution in [0.15, 0.2) is 52.9 Å². The van der Waals surface area contributed by atoms with E-state index in [1.165, 1.54) is 12.5 Å². The van der Waals surface area contributed by atoms with Crippen LogP contribution in [0, 0.1) is 6.92 Å². The van der Waals surface area contributed by atoms with Gasteiger partial charge >= 0.3 is 5.97 Å². The molecule has 0 radical (unpaired) electrons. The van der Waals surface area contributed by atoms with E-state index in [-0.39, 0.29) is 0 Å². The Morgan fingerprint density at radius 1 is 1.10 bits per heavy atom. The maximum absolute atomic E-state index is 10.8. The molecule has 0 spiro atoms. The number of aliphatic carboxylic acids is 1. The van der Waals surface area contributed by atoms with Crippen molar-refractivity contribution in [2.45, 2.75) is 39.7 Å². The largest absolute Gasteiger partial charge is 0.493 e. The van der Waals surface area contributed by atoms with Crippen molar-refractivity contribution < 1.29 is 23.8 Å². The first kappa shape index (κ1) is 20.5. The number of oxazole rings is 1. The minimum Gasteiger partial charge on any atom is -0.493 e. The topological polar surface area (TPSA) is 81.8 Å². The maximum Gasteiger partial charge on any atom is 0.344 e. The van der Waals surface area contributed by atoms with Crippen molar-refractivity contribution in [3.63, 3.8) is 0 Å². The van der Waals surface area contributed by atoms with Gasteiger partial charge in [-0.25, -0.2) is 9.78 Å². The molecular weight excluding hydrogens is 370 g/mol. The van der Waals surface area contributed by atoms with Gasteiger partial charge in [-0.2, -0.15) is 0 Å². The highest BCUT2D eigenvalue weighted by molar-refractivity contribution is 5.72. The Kier molecular flexibility index (Phi) is 6.54. The van der Waals surface area contributed by atoms with Crippen LogP contribution in [0.1, 0.15) is 30.9 Å². The molecule has 1 unspecified atom stereocenters. The Morgan fingerprint density at radius 3 is 2.38 bits per heavy atom. The first-order valence-corrected chi connectivity index (χ1v) is 9.64. The van der Waals surface area contributed by atoms with Gasteiger partial charge in [-0.15, -0.1) is 0 Å². The van der Waals surface area contributed by atoms with Crippen LogP contribution in [0.25, 0.3) is 11.5 Å². The number of aromatic nitrogens is 1. The number of carboxylic acid groups (broad SMARTS) is 1. The third-order valence-electron chi connectivity index (χ3n) is 4.59. The normalized spacial score (nSPS) is 11.8. The van der Waals surface area contributed by atoms with E-state index in [2.05, 4.69) is 24.0 Å². The van der Waals surface area contributed by atoms with Crippen LogP contribution in [0.2, 0.25) is 0 Å². The van der Waals surface area contributed by atoms with Crippen LogP contribution in [0.4, 0.5) is 0 Å². The van der Waals surface area contributed by atoms with Crippen molar-refractivity contribution in [2.24, 2.45) is 0 Å². The molecule has 0 aliphatic rings. The van der Waals surface area contributed by atoms with Crippen molar-refractivity contribution >= 4 is 5.97 Å². The fourth-order valence-electron chi connectivity index (χ4n) is 2.80. The van der Waals surface area contributed by atoms with Crippen molar-refractivity contribution in [3.05, 3.63) is 65.5 Å². The van der Waals surface area contributed by atoms with E-state index in [4.69, 9.17) is 19.0 Å². The predicted octanol–water partition coefficient (Wildman–Crippen LogP) is 4.69. The van der Waals surface area contributed by atoms with E-state index in [1.807, 2.05) is 19.1 Å². The van der Waals surface area contributed by atoms with Crippen LogP contribution in [-0.2, 0) is 17.6 Å². The zero-order valence-electron chi connectivity index (χ0n) is 16.8. The smallest absolute Gasteiger partial charge is 0.344 e. The molecule has 1 aromatic heterocycles. The molecule has 152 valence electrons. The van der Waals surface area contributed by atoms with Gasteiger partial charge in [0, 0.05) is 12.0 Å². The van der Waals surface area contributed by atoms with E-state index in [9.17, 15) is 4.79 Å². The summed E-state index contributed by atoms with van der Waals surface area (Å²) >= 11 is 0. The molecule has 3 rings (SSSR count). The Bertz CT molecular complexity index is 944. The van der Waals surface area contributed by atoms with E-state index in [1.54, 1.807) is 24.3 Å². The number of nitrogens with zero attached hydrogens (tertiary/aromatic N) is 1. The molecule has 0 aliphatic heterocycles. The molecule has 0 saturated heterocycles. The molecule has 1 heterocycles. The Hall–Kier alpha value is -3.28. The van der Waals surface area contributed by atoms with Gasteiger partial charge < -0.3 is 19.0 Å². The number of carbonyl (C=O) groups is 1. The number of hydrogen-bond acceptors (Lipinski definition) is 5. The van der Waals surface area contributed by atoms with Gasteiger partial charge in [0.25, 0.3) is 0 Å². The van der Waals surface area contributed by atoms with E-state index in [0.717, 1.165) is 23.4 Å². The molecule has 6 nitrogen and oxygen atoms in total. The van der Waals surface area contributed by atoms with E-state index < -0.39 is 12.1 Å². The molecule has 29 heavy (non-hydrogen) atoms. The molecule has 0 bridgehead atoms. The molecule has 0 saturated carbocycles. The zero-order chi connectivity index (χ0) is 20.8. The lowest BCUT2D eigenvalue weighted by Gasteiger charge is -2.11. The molecule has 0 aliphatic carbocycles. The van der Waals surface area contributed by atoms with Crippen LogP contribution in [0.5, 0.6) is 11.5 Å². The van der Waals surface area contributed by atoms with Crippen LogP contribution < -0.4 is 9.47 Å². The lowest BCUT2D eigenvalue weighted by Crippen LogP contribution is -2.22. The van der Waals surface area contributed by atoms with Crippen LogP contribution >= 0.6 is 0 Å². The summed E-state index contributed by atoms with van der Waals surface area (Å²) in [4.78, 5) is 15.4. The Balaban J connectivity index is 1.55. The predicted molar refractivity (Wildman–Crippen MR) is 109 cm³/mol. The molecule has 0 amide bonds. The molecule has 1 N–H and O–H groups in total. The summed E-state index contributed by atoms with van der Waals surface area (Å²) in [5, 5.41) is 8.88. The first-order valence-electron chi connectivity index (χ1n) is 9.64. The molecule has 2 aromatic carbocycles. The third kappa shape index (κ3) is 5.38. The van der Waals surface area contributed by atoms with Gasteiger partial charge in [0.15, 0.2) is 6.10 Å². The summed E-state index contributed by atoms with van der Waals surface area (Å²) in [7, 11) is 0. The van der Waals surface area contributed by atoms with Crippen molar-refractivity contribution in [1.82, 2.24) is 4.98 Å². The monoisotopic (exact) mass is 395 g/mol. The quantitative estimate of drug-likeness (QED) is 0.566. The molecular formula is C23H25NO5. The summed E-state index contributed by atoms with van der Waals surface area (Å²) in [6, 6.07) is 15.1. The number of ether oxygens (including phenoxy) is 2. The minimum absolute atomic E-state index is 0.452. The second-order valence-corrected chi connectivity index (χ2v) is 6.74. The maximum atomic E-state index is 10.8. The number of carboxylic acids is 1. The second-order valence-electron chi connectivity index (χ2n) is 6.74. The van der Waals surface area contributed by atoms with Crippen LogP contribution in [-0.4, -0.2) is 28.8 Å². The van der Waals surface area contributed by atoms with Gasteiger partial charge in [0.2, 0.25) is 5.89 Å². The number of benzene rings is 2. The second kappa shape index (κ2) is 9.28. The molecule has 0 fully saturated rings.